The number of carbonyl (C=O) groups is 1. The van der Waals surface area contributed by atoms with E-state index in [1.165, 1.54) is 0 Å². The molecule has 0 amide bonds. The molecule has 0 saturated heterocycles. The molecule has 1 rings (SSSR count). The fourth-order valence-corrected chi connectivity index (χ4v) is 1.86. The standard InChI is InChI=1S/C13H20O3/c1-5-13(15)8-6-10(7-9-13)11(14)16-12(2,3)4/h1,10,15H,6-9H2,2-4H3/t10-,13+. The molecule has 0 atom stereocenters. The van der Waals surface area contributed by atoms with Gasteiger partial charge in [0.15, 0.2) is 0 Å². The normalized spacial score (nSPS) is 30.6. The Bertz CT molecular complexity index is 298. The van der Waals surface area contributed by atoms with Crippen LogP contribution in [0, 0.1) is 18.3 Å². The average Bonchev–Trinajstić information content (AvgIpc) is 2.16. The van der Waals surface area contributed by atoms with Gasteiger partial charge in [-0.3, -0.25) is 4.79 Å². The third-order valence-electron chi connectivity index (χ3n) is 2.82. The highest BCUT2D eigenvalue weighted by molar-refractivity contribution is 5.73. The lowest BCUT2D eigenvalue weighted by atomic mass is 9.79. The zero-order chi connectivity index (χ0) is 12.4. The largest absolute Gasteiger partial charge is 0.460 e. The molecular formula is C13H20O3. The summed E-state index contributed by atoms with van der Waals surface area (Å²) in [5.41, 5.74) is -1.46. The highest BCUT2D eigenvalue weighted by atomic mass is 16.6. The smallest absolute Gasteiger partial charge is 0.309 e. The molecular weight excluding hydrogens is 204 g/mol. The van der Waals surface area contributed by atoms with Crippen LogP contribution < -0.4 is 0 Å². The van der Waals surface area contributed by atoms with E-state index in [1.807, 2.05) is 20.8 Å². The summed E-state index contributed by atoms with van der Waals surface area (Å²) >= 11 is 0. The fraction of sp³-hybridized carbons (Fsp3) is 0.769. The molecule has 16 heavy (non-hydrogen) atoms. The van der Waals surface area contributed by atoms with Crippen molar-refractivity contribution >= 4 is 5.97 Å². The number of carbonyl (C=O) groups excluding carboxylic acids is 1. The van der Waals surface area contributed by atoms with E-state index in [-0.39, 0.29) is 11.9 Å². The molecule has 0 aromatic heterocycles. The summed E-state index contributed by atoms with van der Waals surface area (Å²) in [6.45, 7) is 5.56. The summed E-state index contributed by atoms with van der Waals surface area (Å²) in [6.07, 6.45) is 7.42. The number of aliphatic hydroxyl groups is 1. The quantitative estimate of drug-likeness (QED) is 0.546. The molecule has 1 saturated carbocycles. The van der Waals surface area contributed by atoms with Gasteiger partial charge in [0, 0.05) is 0 Å². The summed E-state index contributed by atoms with van der Waals surface area (Å²) < 4.78 is 5.31. The van der Waals surface area contributed by atoms with Crippen LogP contribution in [0.25, 0.3) is 0 Å². The molecule has 3 nitrogen and oxygen atoms in total. The number of hydrogen-bond acceptors (Lipinski definition) is 3. The minimum absolute atomic E-state index is 0.118. The number of terminal acetylenes is 1. The van der Waals surface area contributed by atoms with Crippen LogP contribution in [0.1, 0.15) is 46.5 Å². The predicted octanol–water partition coefficient (Wildman–Crippen LogP) is 1.88. The first kappa shape index (κ1) is 13.1. The topological polar surface area (TPSA) is 46.5 Å². The van der Waals surface area contributed by atoms with Crippen molar-refractivity contribution < 1.29 is 14.6 Å². The Balaban J connectivity index is 2.49. The van der Waals surface area contributed by atoms with Crippen LogP contribution >= 0.6 is 0 Å². The van der Waals surface area contributed by atoms with E-state index in [0.29, 0.717) is 25.7 Å². The van der Waals surface area contributed by atoms with Gasteiger partial charge in [0.2, 0.25) is 0 Å². The third kappa shape index (κ3) is 3.53. The van der Waals surface area contributed by atoms with Crippen LogP contribution in [0.3, 0.4) is 0 Å². The Morgan fingerprint density at radius 2 is 1.94 bits per heavy atom. The zero-order valence-electron chi connectivity index (χ0n) is 10.2. The summed E-state index contributed by atoms with van der Waals surface area (Å²) in [7, 11) is 0. The molecule has 1 fully saturated rings. The lowest BCUT2D eigenvalue weighted by Crippen LogP contribution is -2.37. The minimum atomic E-state index is -1.02. The maximum Gasteiger partial charge on any atom is 0.309 e. The first-order valence-corrected chi connectivity index (χ1v) is 5.69. The van der Waals surface area contributed by atoms with Crippen LogP contribution in [0.4, 0.5) is 0 Å². The molecule has 0 spiro atoms. The number of ether oxygens (including phenoxy) is 1. The van der Waals surface area contributed by atoms with Gasteiger partial charge in [-0.05, 0) is 46.5 Å². The summed E-state index contributed by atoms with van der Waals surface area (Å²) in [5.74, 6) is 2.10. The first-order valence-electron chi connectivity index (χ1n) is 5.69. The van der Waals surface area contributed by atoms with Crippen LogP contribution in [-0.2, 0) is 9.53 Å². The van der Waals surface area contributed by atoms with Crippen molar-refractivity contribution in [1.82, 2.24) is 0 Å². The van der Waals surface area contributed by atoms with Crippen molar-refractivity contribution in [3.63, 3.8) is 0 Å². The minimum Gasteiger partial charge on any atom is -0.460 e. The lowest BCUT2D eigenvalue weighted by Gasteiger charge is -2.32. The van der Waals surface area contributed by atoms with E-state index in [4.69, 9.17) is 11.2 Å². The van der Waals surface area contributed by atoms with Gasteiger partial charge < -0.3 is 9.84 Å². The van der Waals surface area contributed by atoms with E-state index in [0.717, 1.165) is 0 Å². The Morgan fingerprint density at radius 1 is 1.44 bits per heavy atom. The van der Waals surface area contributed by atoms with Crippen LogP contribution in [0.2, 0.25) is 0 Å². The monoisotopic (exact) mass is 224 g/mol. The van der Waals surface area contributed by atoms with Crippen molar-refractivity contribution in [3.8, 4) is 12.3 Å². The number of rotatable bonds is 1. The van der Waals surface area contributed by atoms with Crippen LogP contribution in [-0.4, -0.2) is 22.3 Å². The maximum atomic E-state index is 11.8. The second-order valence-electron chi connectivity index (χ2n) is 5.48. The SMILES string of the molecule is C#C[C@]1(O)CC[C@@H](C(=O)OC(C)(C)C)CC1. The molecule has 1 aliphatic rings. The highest BCUT2D eigenvalue weighted by Crippen LogP contribution is 2.32. The Kier molecular flexibility index (Phi) is 3.64. The van der Waals surface area contributed by atoms with E-state index >= 15 is 0 Å². The van der Waals surface area contributed by atoms with Crippen LogP contribution in [0.5, 0.6) is 0 Å². The highest BCUT2D eigenvalue weighted by Gasteiger charge is 2.35. The second-order valence-corrected chi connectivity index (χ2v) is 5.48. The van der Waals surface area contributed by atoms with Gasteiger partial charge in [0.1, 0.15) is 11.2 Å². The predicted molar refractivity (Wildman–Crippen MR) is 61.6 cm³/mol. The molecule has 0 aliphatic heterocycles. The van der Waals surface area contributed by atoms with E-state index in [1.54, 1.807) is 0 Å². The fourth-order valence-electron chi connectivity index (χ4n) is 1.86. The van der Waals surface area contributed by atoms with Crippen molar-refractivity contribution in [2.75, 3.05) is 0 Å². The third-order valence-corrected chi connectivity index (χ3v) is 2.82. The van der Waals surface area contributed by atoms with Crippen molar-refractivity contribution in [3.05, 3.63) is 0 Å². The van der Waals surface area contributed by atoms with Crippen molar-refractivity contribution in [1.29, 1.82) is 0 Å². The molecule has 0 aromatic carbocycles. The van der Waals surface area contributed by atoms with Gasteiger partial charge in [-0.25, -0.2) is 0 Å². The van der Waals surface area contributed by atoms with Gasteiger partial charge >= 0.3 is 5.97 Å². The van der Waals surface area contributed by atoms with Gasteiger partial charge in [-0.1, -0.05) is 5.92 Å². The Hall–Kier alpha value is -1.01. The van der Waals surface area contributed by atoms with E-state index in [2.05, 4.69) is 5.92 Å². The molecule has 0 radical (unpaired) electrons. The molecule has 3 heteroatoms. The van der Waals surface area contributed by atoms with Gasteiger partial charge in [0.05, 0.1) is 5.92 Å². The molecule has 0 aromatic rings. The maximum absolute atomic E-state index is 11.8. The first-order chi connectivity index (χ1) is 7.26. The number of hydrogen-bond donors (Lipinski definition) is 1. The summed E-state index contributed by atoms with van der Waals surface area (Å²) in [4.78, 5) is 11.8. The zero-order valence-corrected chi connectivity index (χ0v) is 10.2. The molecule has 1 aliphatic carbocycles. The second kappa shape index (κ2) is 4.47. The Labute approximate surface area is 97.2 Å². The van der Waals surface area contributed by atoms with Crippen LogP contribution in [0.15, 0.2) is 0 Å². The number of esters is 1. The molecule has 0 unspecified atom stereocenters. The summed E-state index contributed by atoms with van der Waals surface area (Å²) in [5, 5.41) is 9.82. The molecule has 0 heterocycles. The lowest BCUT2D eigenvalue weighted by molar-refractivity contribution is -0.162. The van der Waals surface area contributed by atoms with Crippen molar-refractivity contribution in [2.45, 2.75) is 57.7 Å². The average molecular weight is 224 g/mol. The van der Waals surface area contributed by atoms with Gasteiger partial charge in [0.25, 0.3) is 0 Å². The molecule has 0 bridgehead atoms. The summed E-state index contributed by atoms with van der Waals surface area (Å²) in [6, 6.07) is 0. The van der Waals surface area contributed by atoms with E-state index < -0.39 is 11.2 Å². The van der Waals surface area contributed by atoms with Gasteiger partial charge in [-0.15, -0.1) is 6.42 Å². The Morgan fingerprint density at radius 3 is 2.31 bits per heavy atom. The van der Waals surface area contributed by atoms with E-state index in [9.17, 15) is 9.90 Å². The van der Waals surface area contributed by atoms with Gasteiger partial charge in [-0.2, -0.15) is 0 Å². The molecule has 90 valence electrons. The van der Waals surface area contributed by atoms with Crippen molar-refractivity contribution in [2.24, 2.45) is 5.92 Å². The molecule has 1 N–H and O–H groups in total.